The van der Waals surface area contributed by atoms with Gasteiger partial charge in [-0.1, -0.05) is 29.5 Å². The smallest absolute Gasteiger partial charge is 0.299 e. The van der Waals surface area contributed by atoms with Gasteiger partial charge in [-0.15, -0.1) is 0 Å². The molecule has 0 aliphatic carbocycles. The predicted molar refractivity (Wildman–Crippen MR) is 64.3 cm³/mol. The Hall–Kier alpha value is -1.65. The Morgan fingerprint density at radius 1 is 1.31 bits per heavy atom. The van der Waals surface area contributed by atoms with Crippen LogP contribution in [0.2, 0.25) is 0 Å². The summed E-state index contributed by atoms with van der Waals surface area (Å²) < 4.78 is 4.78. The van der Waals surface area contributed by atoms with Gasteiger partial charge in [0.2, 0.25) is 0 Å². The van der Waals surface area contributed by atoms with Gasteiger partial charge in [-0.3, -0.25) is 4.79 Å². The molecule has 0 fully saturated rings. The normalized spacial score (nSPS) is 10.1. The standard InChI is InChI=1S/C12H11NO2S/c13-7-9-2-1-3-10(6-9)11-4-5-12(16-11)15-8-14/h1-6,8H,7,13H2. The zero-order valence-electron chi connectivity index (χ0n) is 8.55. The lowest BCUT2D eigenvalue weighted by Gasteiger charge is -2.00. The number of carbonyl (C=O) groups excluding carboxylic acids is 1. The summed E-state index contributed by atoms with van der Waals surface area (Å²) >= 11 is 1.44. The first-order chi connectivity index (χ1) is 7.83. The van der Waals surface area contributed by atoms with Gasteiger partial charge in [-0.2, -0.15) is 0 Å². The maximum absolute atomic E-state index is 10.2. The van der Waals surface area contributed by atoms with Gasteiger partial charge in [-0.05, 0) is 29.3 Å². The van der Waals surface area contributed by atoms with E-state index >= 15 is 0 Å². The molecule has 82 valence electrons. The first-order valence-electron chi connectivity index (χ1n) is 4.83. The van der Waals surface area contributed by atoms with E-state index in [0.29, 0.717) is 18.1 Å². The van der Waals surface area contributed by atoms with Gasteiger partial charge in [0.15, 0.2) is 5.06 Å². The van der Waals surface area contributed by atoms with Gasteiger partial charge in [0, 0.05) is 11.4 Å². The lowest BCUT2D eigenvalue weighted by Crippen LogP contribution is -1.95. The lowest BCUT2D eigenvalue weighted by molar-refractivity contribution is -0.120. The van der Waals surface area contributed by atoms with Crippen LogP contribution in [0.25, 0.3) is 10.4 Å². The fourth-order valence-electron chi connectivity index (χ4n) is 1.44. The molecule has 4 heteroatoms. The fourth-order valence-corrected chi connectivity index (χ4v) is 2.26. The van der Waals surface area contributed by atoms with Crippen molar-refractivity contribution >= 4 is 17.8 Å². The second-order valence-electron chi connectivity index (χ2n) is 3.24. The summed E-state index contributed by atoms with van der Waals surface area (Å²) in [6.45, 7) is 0.961. The van der Waals surface area contributed by atoms with E-state index in [9.17, 15) is 4.79 Å². The molecule has 2 N–H and O–H groups in total. The highest BCUT2D eigenvalue weighted by Crippen LogP contribution is 2.32. The van der Waals surface area contributed by atoms with Gasteiger partial charge in [0.05, 0.1) is 0 Å². The summed E-state index contributed by atoms with van der Waals surface area (Å²) in [5, 5.41) is 0.600. The van der Waals surface area contributed by atoms with E-state index in [0.717, 1.165) is 16.0 Å². The van der Waals surface area contributed by atoms with E-state index in [1.807, 2.05) is 30.3 Å². The summed E-state index contributed by atoms with van der Waals surface area (Å²) in [6, 6.07) is 11.7. The summed E-state index contributed by atoms with van der Waals surface area (Å²) in [6.07, 6.45) is 0. The molecule has 0 saturated heterocycles. The molecule has 1 aromatic heterocycles. The van der Waals surface area contributed by atoms with Crippen LogP contribution in [0.15, 0.2) is 36.4 Å². The van der Waals surface area contributed by atoms with Crippen molar-refractivity contribution in [2.45, 2.75) is 6.54 Å². The molecule has 0 unspecified atom stereocenters. The van der Waals surface area contributed by atoms with E-state index in [4.69, 9.17) is 10.5 Å². The molecule has 0 aliphatic heterocycles. The molecule has 2 aromatic rings. The van der Waals surface area contributed by atoms with Gasteiger partial charge < -0.3 is 10.5 Å². The fraction of sp³-hybridized carbons (Fsp3) is 0.0833. The topological polar surface area (TPSA) is 52.3 Å². The second-order valence-corrected chi connectivity index (χ2v) is 4.28. The van der Waals surface area contributed by atoms with Crippen molar-refractivity contribution in [1.82, 2.24) is 0 Å². The number of thiophene rings is 1. The Balaban J connectivity index is 2.30. The van der Waals surface area contributed by atoms with Crippen LogP contribution in [0.5, 0.6) is 5.06 Å². The summed E-state index contributed by atoms with van der Waals surface area (Å²) in [7, 11) is 0. The third-order valence-corrected chi connectivity index (χ3v) is 3.22. The maximum Gasteiger partial charge on any atom is 0.299 e. The van der Waals surface area contributed by atoms with Crippen molar-refractivity contribution in [3.05, 3.63) is 42.0 Å². The van der Waals surface area contributed by atoms with Crippen molar-refractivity contribution < 1.29 is 9.53 Å². The van der Waals surface area contributed by atoms with Gasteiger partial charge in [-0.25, -0.2) is 0 Å². The van der Waals surface area contributed by atoms with Crippen LogP contribution >= 0.6 is 11.3 Å². The van der Waals surface area contributed by atoms with Crippen LogP contribution in [-0.2, 0) is 11.3 Å². The Kier molecular flexibility index (Phi) is 3.34. The van der Waals surface area contributed by atoms with E-state index < -0.39 is 0 Å². The number of hydrogen-bond donors (Lipinski definition) is 1. The molecule has 1 heterocycles. The highest BCUT2D eigenvalue weighted by Gasteiger charge is 2.03. The van der Waals surface area contributed by atoms with Crippen LogP contribution in [-0.4, -0.2) is 6.47 Å². The zero-order valence-corrected chi connectivity index (χ0v) is 9.37. The van der Waals surface area contributed by atoms with Crippen molar-refractivity contribution in [2.75, 3.05) is 0 Å². The SMILES string of the molecule is NCc1cccc(-c2ccc(OC=O)s2)c1. The molecule has 0 bridgehead atoms. The van der Waals surface area contributed by atoms with E-state index in [-0.39, 0.29) is 0 Å². The third kappa shape index (κ3) is 2.29. The molecule has 0 spiro atoms. The Bertz CT molecular complexity index is 493. The summed E-state index contributed by atoms with van der Waals surface area (Å²) in [5.74, 6) is 0. The lowest BCUT2D eigenvalue weighted by atomic mass is 10.1. The van der Waals surface area contributed by atoms with Crippen molar-refractivity contribution in [1.29, 1.82) is 0 Å². The number of rotatable bonds is 4. The molecule has 3 nitrogen and oxygen atoms in total. The minimum atomic E-state index is 0.436. The Labute approximate surface area is 97.5 Å². The number of ether oxygens (including phenoxy) is 1. The third-order valence-electron chi connectivity index (χ3n) is 2.19. The largest absolute Gasteiger partial charge is 0.418 e. The minimum Gasteiger partial charge on any atom is -0.418 e. The quantitative estimate of drug-likeness (QED) is 0.825. The highest BCUT2D eigenvalue weighted by atomic mass is 32.1. The van der Waals surface area contributed by atoms with Crippen molar-refractivity contribution in [3.8, 4) is 15.5 Å². The molecule has 2 rings (SSSR count). The van der Waals surface area contributed by atoms with Gasteiger partial charge in [0.25, 0.3) is 6.47 Å². The molecular formula is C12H11NO2S. The minimum absolute atomic E-state index is 0.436. The highest BCUT2D eigenvalue weighted by molar-refractivity contribution is 7.17. The maximum atomic E-state index is 10.2. The van der Waals surface area contributed by atoms with Gasteiger partial charge in [0.1, 0.15) is 0 Å². The molecule has 0 saturated carbocycles. The number of hydrogen-bond acceptors (Lipinski definition) is 4. The first-order valence-corrected chi connectivity index (χ1v) is 5.64. The van der Waals surface area contributed by atoms with E-state index in [1.165, 1.54) is 11.3 Å². The van der Waals surface area contributed by atoms with E-state index in [2.05, 4.69) is 0 Å². The summed E-state index contributed by atoms with van der Waals surface area (Å²) in [4.78, 5) is 11.3. The summed E-state index contributed by atoms with van der Waals surface area (Å²) in [5.41, 5.74) is 7.76. The van der Waals surface area contributed by atoms with Crippen molar-refractivity contribution in [3.63, 3.8) is 0 Å². The molecular weight excluding hydrogens is 222 g/mol. The van der Waals surface area contributed by atoms with E-state index in [1.54, 1.807) is 6.07 Å². The monoisotopic (exact) mass is 233 g/mol. The average Bonchev–Trinajstić information content (AvgIpc) is 2.78. The molecule has 0 radical (unpaired) electrons. The van der Waals surface area contributed by atoms with Gasteiger partial charge >= 0.3 is 0 Å². The van der Waals surface area contributed by atoms with Crippen LogP contribution in [0.4, 0.5) is 0 Å². The van der Waals surface area contributed by atoms with Crippen LogP contribution < -0.4 is 10.5 Å². The average molecular weight is 233 g/mol. The van der Waals surface area contributed by atoms with Crippen LogP contribution in [0.3, 0.4) is 0 Å². The Morgan fingerprint density at radius 3 is 2.94 bits per heavy atom. The Morgan fingerprint density at radius 2 is 2.19 bits per heavy atom. The van der Waals surface area contributed by atoms with Crippen molar-refractivity contribution in [2.24, 2.45) is 5.73 Å². The first kappa shape index (κ1) is 10.9. The van der Waals surface area contributed by atoms with Crippen LogP contribution in [0, 0.1) is 0 Å². The second kappa shape index (κ2) is 4.92. The molecule has 1 aromatic carbocycles. The number of carbonyl (C=O) groups is 1. The molecule has 0 aliphatic rings. The van der Waals surface area contributed by atoms with Crippen LogP contribution in [0.1, 0.15) is 5.56 Å². The zero-order chi connectivity index (χ0) is 11.4. The molecule has 16 heavy (non-hydrogen) atoms. The molecule has 0 amide bonds. The number of nitrogens with two attached hydrogens (primary N) is 1. The number of benzene rings is 1. The predicted octanol–water partition coefficient (Wildman–Crippen LogP) is 2.41. The molecule has 0 atom stereocenters.